The summed E-state index contributed by atoms with van der Waals surface area (Å²) in [6, 6.07) is 15.4. The minimum Gasteiger partial charge on any atom is -0.322 e. The largest absolute Gasteiger partial charge is 0.322 e. The van der Waals surface area contributed by atoms with Crippen molar-refractivity contribution in [3.05, 3.63) is 84.4 Å². The van der Waals surface area contributed by atoms with Gasteiger partial charge in [-0.1, -0.05) is 6.07 Å². The second-order valence-corrected chi connectivity index (χ2v) is 4.94. The lowest BCUT2D eigenvalue weighted by atomic mass is 10.2. The first-order valence-corrected chi connectivity index (χ1v) is 7.26. The van der Waals surface area contributed by atoms with Crippen LogP contribution in [-0.4, -0.2) is 21.8 Å². The Balaban J connectivity index is 1.63. The first kappa shape index (κ1) is 15.4. The van der Waals surface area contributed by atoms with Crippen LogP contribution in [0.5, 0.6) is 0 Å². The fourth-order valence-electron chi connectivity index (χ4n) is 2.03. The second-order valence-electron chi connectivity index (χ2n) is 4.94. The molecular formula is C18H14N4O2. The summed E-state index contributed by atoms with van der Waals surface area (Å²) >= 11 is 0. The summed E-state index contributed by atoms with van der Waals surface area (Å²) in [4.78, 5) is 31.9. The number of rotatable bonds is 4. The topological polar surface area (TPSA) is 84.0 Å². The van der Waals surface area contributed by atoms with Crippen LogP contribution >= 0.6 is 0 Å². The highest BCUT2D eigenvalue weighted by molar-refractivity contribution is 6.05. The highest BCUT2D eigenvalue weighted by Crippen LogP contribution is 2.15. The van der Waals surface area contributed by atoms with Gasteiger partial charge in [-0.25, -0.2) is 0 Å². The molecule has 0 fully saturated rings. The van der Waals surface area contributed by atoms with Crippen LogP contribution in [0.1, 0.15) is 20.8 Å². The molecule has 2 amide bonds. The molecule has 0 aliphatic rings. The van der Waals surface area contributed by atoms with Crippen molar-refractivity contribution in [2.24, 2.45) is 0 Å². The fraction of sp³-hybridized carbons (Fsp3) is 0. The van der Waals surface area contributed by atoms with Crippen molar-refractivity contribution in [2.45, 2.75) is 0 Å². The van der Waals surface area contributed by atoms with Crippen LogP contribution in [0.2, 0.25) is 0 Å². The number of hydrogen-bond donors (Lipinski definition) is 2. The number of nitrogens with one attached hydrogen (secondary N) is 2. The predicted molar refractivity (Wildman–Crippen MR) is 90.8 cm³/mol. The molecule has 118 valence electrons. The van der Waals surface area contributed by atoms with Crippen LogP contribution in [0, 0.1) is 0 Å². The van der Waals surface area contributed by atoms with E-state index in [0.717, 1.165) is 0 Å². The summed E-state index contributed by atoms with van der Waals surface area (Å²) in [5, 5.41) is 5.51. The van der Waals surface area contributed by atoms with Crippen LogP contribution in [0.25, 0.3) is 0 Å². The Morgan fingerprint density at radius 2 is 1.46 bits per heavy atom. The minimum atomic E-state index is -0.289. The number of amides is 2. The number of anilines is 2. The third kappa shape index (κ3) is 3.80. The molecule has 2 aromatic heterocycles. The quantitative estimate of drug-likeness (QED) is 0.774. The molecule has 0 radical (unpaired) electrons. The van der Waals surface area contributed by atoms with Crippen molar-refractivity contribution in [3.8, 4) is 0 Å². The Morgan fingerprint density at radius 3 is 2.04 bits per heavy atom. The Labute approximate surface area is 138 Å². The zero-order valence-electron chi connectivity index (χ0n) is 12.6. The number of nitrogens with zero attached hydrogens (tertiary/aromatic N) is 2. The monoisotopic (exact) mass is 318 g/mol. The van der Waals surface area contributed by atoms with E-state index in [1.54, 1.807) is 67.0 Å². The Morgan fingerprint density at radius 1 is 0.750 bits per heavy atom. The van der Waals surface area contributed by atoms with Crippen molar-refractivity contribution in [1.82, 2.24) is 9.97 Å². The fourth-order valence-corrected chi connectivity index (χ4v) is 2.03. The van der Waals surface area contributed by atoms with E-state index in [4.69, 9.17) is 0 Å². The zero-order chi connectivity index (χ0) is 16.8. The molecule has 24 heavy (non-hydrogen) atoms. The molecular weight excluding hydrogens is 304 g/mol. The van der Waals surface area contributed by atoms with Crippen LogP contribution in [0.15, 0.2) is 73.2 Å². The predicted octanol–water partition coefficient (Wildman–Crippen LogP) is 2.98. The molecule has 0 aliphatic carbocycles. The maximum absolute atomic E-state index is 12.0. The Kier molecular flexibility index (Phi) is 4.57. The summed E-state index contributed by atoms with van der Waals surface area (Å²) in [6.07, 6.45) is 4.67. The zero-order valence-corrected chi connectivity index (χ0v) is 12.6. The molecule has 0 saturated carbocycles. The molecule has 0 aliphatic heterocycles. The van der Waals surface area contributed by atoms with Gasteiger partial charge in [0.05, 0.1) is 5.56 Å². The van der Waals surface area contributed by atoms with E-state index in [-0.39, 0.29) is 11.8 Å². The van der Waals surface area contributed by atoms with Gasteiger partial charge in [-0.2, -0.15) is 0 Å². The van der Waals surface area contributed by atoms with E-state index < -0.39 is 0 Å². The molecule has 3 rings (SSSR count). The van der Waals surface area contributed by atoms with Crippen LogP contribution in [0.4, 0.5) is 11.4 Å². The lowest BCUT2D eigenvalue weighted by Gasteiger charge is -2.07. The van der Waals surface area contributed by atoms with E-state index in [1.165, 1.54) is 6.20 Å². The van der Waals surface area contributed by atoms with Gasteiger partial charge in [0, 0.05) is 30.0 Å². The van der Waals surface area contributed by atoms with Gasteiger partial charge in [0.1, 0.15) is 5.69 Å². The van der Waals surface area contributed by atoms with E-state index >= 15 is 0 Å². The summed E-state index contributed by atoms with van der Waals surface area (Å²) in [5.41, 5.74) is 2.06. The molecule has 2 N–H and O–H groups in total. The standard InChI is InChI=1S/C18H14N4O2/c23-17(13-4-3-10-19-12-13)21-14-6-8-15(9-7-14)22-18(24)16-5-1-2-11-20-16/h1-12H,(H,21,23)(H,22,24). The average molecular weight is 318 g/mol. The first-order chi connectivity index (χ1) is 11.7. The molecule has 0 unspecified atom stereocenters. The Bertz CT molecular complexity index is 761. The summed E-state index contributed by atoms with van der Waals surface area (Å²) in [5.74, 6) is -0.531. The molecule has 0 atom stereocenters. The number of hydrogen-bond acceptors (Lipinski definition) is 4. The van der Waals surface area contributed by atoms with E-state index in [1.807, 2.05) is 0 Å². The number of carbonyl (C=O) groups is 2. The second kappa shape index (κ2) is 7.15. The van der Waals surface area contributed by atoms with E-state index in [0.29, 0.717) is 22.6 Å². The maximum Gasteiger partial charge on any atom is 0.274 e. The normalized spacial score (nSPS) is 10.0. The lowest BCUT2D eigenvalue weighted by Crippen LogP contribution is -2.14. The van der Waals surface area contributed by atoms with Gasteiger partial charge in [0.2, 0.25) is 0 Å². The SMILES string of the molecule is O=C(Nc1ccc(NC(=O)c2ccccn2)cc1)c1cccnc1. The van der Waals surface area contributed by atoms with Crippen LogP contribution in [-0.2, 0) is 0 Å². The van der Waals surface area contributed by atoms with Gasteiger partial charge in [0.25, 0.3) is 11.8 Å². The van der Waals surface area contributed by atoms with Crippen LogP contribution in [0.3, 0.4) is 0 Å². The van der Waals surface area contributed by atoms with E-state index in [2.05, 4.69) is 20.6 Å². The van der Waals surface area contributed by atoms with Crippen molar-refractivity contribution < 1.29 is 9.59 Å². The smallest absolute Gasteiger partial charge is 0.274 e. The van der Waals surface area contributed by atoms with Crippen molar-refractivity contribution in [1.29, 1.82) is 0 Å². The molecule has 2 heterocycles. The van der Waals surface area contributed by atoms with Gasteiger partial charge in [0.15, 0.2) is 0 Å². The Hall–Kier alpha value is -3.54. The third-order valence-electron chi connectivity index (χ3n) is 3.22. The highest BCUT2D eigenvalue weighted by atomic mass is 16.2. The molecule has 0 saturated heterocycles. The molecule has 3 aromatic rings. The molecule has 6 nitrogen and oxygen atoms in total. The summed E-state index contributed by atoms with van der Waals surface area (Å²) in [7, 11) is 0. The molecule has 0 spiro atoms. The lowest BCUT2D eigenvalue weighted by molar-refractivity contribution is 0.101. The van der Waals surface area contributed by atoms with Gasteiger partial charge in [-0.15, -0.1) is 0 Å². The highest BCUT2D eigenvalue weighted by Gasteiger charge is 2.08. The summed E-state index contributed by atoms with van der Waals surface area (Å²) in [6.45, 7) is 0. The van der Waals surface area contributed by atoms with E-state index in [9.17, 15) is 9.59 Å². The minimum absolute atomic E-state index is 0.242. The van der Waals surface area contributed by atoms with Crippen molar-refractivity contribution in [3.63, 3.8) is 0 Å². The average Bonchev–Trinajstić information content (AvgIpc) is 2.65. The van der Waals surface area contributed by atoms with Crippen LogP contribution < -0.4 is 10.6 Å². The van der Waals surface area contributed by atoms with Gasteiger partial charge in [-0.3, -0.25) is 19.6 Å². The maximum atomic E-state index is 12.0. The number of carbonyl (C=O) groups excluding carboxylic acids is 2. The molecule has 6 heteroatoms. The first-order valence-electron chi connectivity index (χ1n) is 7.26. The summed E-state index contributed by atoms with van der Waals surface area (Å²) < 4.78 is 0. The van der Waals surface area contributed by atoms with Crippen molar-refractivity contribution >= 4 is 23.2 Å². The molecule has 0 bridgehead atoms. The third-order valence-corrected chi connectivity index (χ3v) is 3.22. The van der Waals surface area contributed by atoms with Gasteiger partial charge >= 0.3 is 0 Å². The molecule has 1 aromatic carbocycles. The van der Waals surface area contributed by atoms with Gasteiger partial charge < -0.3 is 10.6 Å². The van der Waals surface area contributed by atoms with Gasteiger partial charge in [-0.05, 0) is 48.5 Å². The number of aromatic nitrogens is 2. The number of benzene rings is 1. The van der Waals surface area contributed by atoms with Crippen molar-refractivity contribution in [2.75, 3.05) is 10.6 Å². The number of pyridine rings is 2.